The van der Waals surface area contributed by atoms with Gasteiger partial charge < -0.3 is 10.0 Å². The Morgan fingerprint density at radius 2 is 2.00 bits per heavy atom. The highest BCUT2D eigenvalue weighted by Gasteiger charge is 2.17. The van der Waals surface area contributed by atoms with Gasteiger partial charge in [0.2, 0.25) is 0 Å². The van der Waals surface area contributed by atoms with Gasteiger partial charge in [-0.15, -0.1) is 0 Å². The molecular formula is C12H12N2O4. The molecule has 6 heteroatoms. The maximum absolute atomic E-state index is 10.7. The Hall–Kier alpha value is -2.37. The van der Waals surface area contributed by atoms with Gasteiger partial charge in [-0.3, -0.25) is 10.1 Å². The van der Waals surface area contributed by atoms with E-state index in [0.29, 0.717) is 19.5 Å². The third-order valence-corrected chi connectivity index (χ3v) is 2.93. The minimum absolute atomic E-state index is 0.0577. The fraction of sp³-hybridized carbons (Fsp3) is 0.250. The zero-order chi connectivity index (χ0) is 13.1. The summed E-state index contributed by atoms with van der Waals surface area (Å²) >= 11 is 0. The molecule has 1 N–H and O–H groups in total. The van der Waals surface area contributed by atoms with Gasteiger partial charge in [0.15, 0.2) is 0 Å². The van der Waals surface area contributed by atoms with Crippen molar-refractivity contribution in [3.63, 3.8) is 0 Å². The first kappa shape index (κ1) is 12.1. The van der Waals surface area contributed by atoms with Crippen LogP contribution in [0.15, 0.2) is 30.3 Å². The summed E-state index contributed by atoms with van der Waals surface area (Å²) in [6.45, 7) is 0.819. The Balaban J connectivity index is 2.13. The fourth-order valence-corrected chi connectivity index (χ4v) is 1.90. The second-order valence-corrected chi connectivity index (χ2v) is 4.01. The zero-order valence-corrected chi connectivity index (χ0v) is 9.57. The van der Waals surface area contributed by atoms with Crippen LogP contribution in [0.3, 0.4) is 0 Å². The summed E-state index contributed by atoms with van der Waals surface area (Å²) in [5, 5.41) is 19.3. The molecule has 2 rings (SSSR count). The van der Waals surface area contributed by atoms with Crippen molar-refractivity contribution in [3.05, 3.63) is 46.0 Å². The minimum atomic E-state index is -0.922. The summed E-state index contributed by atoms with van der Waals surface area (Å²) in [7, 11) is 0. The van der Waals surface area contributed by atoms with E-state index in [9.17, 15) is 14.9 Å². The molecule has 0 saturated heterocycles. The number of carbonyl (C=O) groups is 1. The van der Waals surface area contributed by atoms with Crippen molar-refractivity contribution in [2.24, 2.45) is 0 Å². The number of amides is 1. The summed E-state index contributed by atoms with van der Waals surface area (Å²) < 4.78 is 0. The average Bonchev–Trinajstić information content (AvgIpc) is 2.39. The van der Waals surface area contributed by atoms with Gasteiger partial charge in [-0.25, -0.2) is 4.79 Å². The van der Waals surface area contributed by atoms with Crippen LogP contribution in [0.4, 0.5) is 10.5 Å². The van der Waals surface area contributed by atoms with Gasteiger partial charge in [0.1, 0.15) is 0 Å². The van der Waals surface area contributed by atoms with Crippen LogP contribution in [0.5, 0.6) is 0 Å². The standard InChI is InChI=1S/C12H12N2O4/c15-12(16)13-7-5-10(6-8-13)9-1-3-11(4-2-9)14(17)18/h1-5H,6-8H2,(H,15,16). The van der Waals surface area contributed by atoms with Crippen molar-refractivity contribution in [3.8, 4) is 0 Å². The summed E-state index contributed by atoms with van der Waals surface area (Å²) in [6.07, 6.45) is 1.55. The zero-order valence-electron chi connectivity index (χ0n) is 9.57. The summed E-state index contributed by atoms with van der Waals surface area (Å²) in [5.74, 6) is 0. The third-order valence-electron chi connectivity index (χ3n) is 2.93. The van der Waals surface area contributed by atoms with Gasteiger partial charge >= 0.3 is 6.09 Å². The van der Waals surface area contributed by atoms with E-state index in [1.807, 2.05) is 6.08 Å². The lowest BCUT2D eigenvalue weighted by Crippen LogP contribution is -2.33. The molecule has 0 fully saturated rings. The molecule has 1 aliphatic rings. The van der Waals surface area contributed by atoms with Crippen molar-refractivity contribution in [1.29, 1.82) is 0 Å². The second-order valence-electron chi connectivity index (χ2n) is 4.01. The molecule has 0 aliphatic carbocycles. The van der Waals surface area contributed by atoms with Gasteiger partial charge in [0.25, 0.3) is 5.69 Å². The molecule has 0 spiro atoms. The Bertz CT molecular complexity index is 507. The third kappa shape index (κ3) is 2.48. The van der Waals surface area contributed by atoms with E-state index >= 15 is 0 Å². The van der Waals surface area contributed by atoms with Gasteiger partial charge in [-0.1, -0.05) is 6.08 Å². The normalized spacial score (nSPS) is 15.1. The van der Waals surface area contributed by atoms with E-state index in [1.165, 1.54) is 17.0 Å². The van der Waals surface area contributed by atoms with Crippen LogP contribution < -0.4 is 0 Å². The molecule has 94 valence electrons. The van der Waals surface area contributed by atoms with E-state index in [4.69, 9.17) is 5.11 Å². The largest absolute Gasteiger partial charge is 0.465 e. The quantitative estimate of drug-likeness (QED) is 0.643. The Kier molecular flexibility index (Phi) is 3.27. The predicted molar refractivity (Wildman–Crippen MR) is 65.3 cm³/mol. The van der Waals surface area contributed by atoms with Crippen LogP contribution in [0.2, 0.25) is 0 Å². The molecule has 0 unspecified atom stereocenters. The molecule has 18 heavy (non-hydrogen) atoms. The molecule has 1 heterocycles. The molecule has 1 aromatic rings. The highest BCUT2D eigenvalue weighted by molar-refractivity contribution is 5.71. The molecule has 1 amide bonds. The SMILES string of the molecule is O=C(O)N1CC=C(c2ccc([N+](=O)[O-])cc2)CC1. The molecular weight excluding hydrogens is 236 g/mol. The molecule has 0 atom stereocenters. The van der Waals surface area contributed by atoms with Crippen LogP contribution in [-0.4, -0.2) is 34.1 Å². The Morgan fingerprint density at radius 3 is 2.44 bits per heavy atom. The number of nitrogens with zero attached hydrogens (tertiary/aromatic N) is 2. The average molecular weight is 248 g/mol. The van der Waals surface area contributed by atoms with Crippen molar-refractivity contribution in [1.82, 2.24) is 4.90 Å². The van der Waals surface area contributed by atoms with Crippen molar-refractivity contribution in [2.75, 3.05) is 13.1 Å². The predicted octanol–water partition coefficient (Wildman–Crippen LogP) is 2.36. The van der Waals surface area contributed by atoms with E-state index < -0.39 is 11.0 Å². The van der Waals surface area contributed by atoms with Crippen LogP contribution >= 0.6 is 0 Å². The number of nitro groups is 1. The maximum Gasteiger partial charge on any atom is 0.407 e. The van der Waals surface area contributed by atoms with Crippen LogP contribution in [0.25, 0.3) is 5.57 Å². The molecule has 0 saturated carbocycles. The van der Waals surface area contributed by atoms with Gasteiger partial charge in [-0.2, -0.15) is 0 Å². The van der Waals surface area contributed by atoms with E-state index in [-0.39, 0.29) is 5.69 Å². The lowest BCUT2D eigenvalue weighted by atomic mass is 9.99. The van der Waals surface area contributed by atoms with Gasteiger partial charge in [0.05, 0.1) is 4.92 Å². The number of non-ortho nitro benzene ring substituents is 1. The Morgan fingerprint density at radius 1 is 1.33 bits per heavy atom. The van der Waals surface area contributed by atoms with Crippen LogP contribution in [-0.2, 0) is 0 Å². The monoisotopic (exact) mass is 248 g/mol. The molecule has 6 nitrogen and oxygen atoms in total. The van der Waals surface area contributed by atoms with Crippen molar-refractivity contribution in [2.45, 2.75) is 6.42 Å². The first-order chi connectivity index (χ1) is 8.58. The second kappa shape index (κ2) is 4.87. The van der Waals surface area contributed by atoms with E-state index in [1.54, 1.807) is 12.1 Å². The number of nitro benzene ring substituents is 1. The number of hydrogen-bond acceptors (Lipinski definition) is 3. The summed E-state index contributed by atoms with van der Waals surface area (Å²) in [5.41, 5.74) is 2.00. The summed E-state index contributed by atoms with van der Waals surface area (Å²) in [6, 6.07) is 6.31. The topological polar surface area (TPSA) is 83.7 Å². The number of hydrogen-bond donors (Lipinski definition) is 1. The molecule has 1 aliphatic heterocycles. The lowest BCUT2D eigenvalue weighted by molar-refractivity contribution is -0.384. The van der Waals surface area contributed by atoms with E-state index in [2.05, 4.69) is 0 Å². The molecule has 0 bridgehead atoms. The smallest absolute Gasteiger partial charge is 0.407 e. The van der Waals surface area contributed by atoms with Crippen LogP contribution in [0.1, 0.15) is 12.0 Å². The molecule has 0 aromatic heterocycles. The van der Waals surface area contributed by atoms with Crippen molar-refractivity contribution >= 4 is 17.4 Å². The van der Waals surface area contributed by atoms with E-state index in [0.717, 1.165) is 11.1 Å². The highest BCUT2D eigenvalue weighted by atomic mass is 16.6. The minimum Gasteiger partial charge on any atom is -0.465 e. The van der Waals surface area contributed by atoms with Crippen LogP contribution in [0, 0.1) is 10.1 Å². The highest BCUT2D eigenvalue weighted by Crippen LogP contribution is 2.24. The van der Waals surface area contributed by atoms with Gasteiger partial charge in [-0.05, 0) is 29.7 Å². The number of benzene rings is 1. The lowest BCUT2D eigenvalue weighted by Gasteiger charge is -2.23. The van der Waals surface area contributed by atoms with Gasteiger partial charge in [0, 0.05) is 25.2 Å². The fourth-order valence-electron chi connectivity index (χ4n) is 1.90. The van der Waals surface area contributed by atoms with Crippen molar-refractivity contribution < 1.29 is 14.8 Å². The molecule has 0 radical (unpaired) electrons. The Labute approximate surface area is 103 Å². The molecule has 1 aromatic carbocycles. The number of rotatable bonds is 2. The first-order valence-electron chi connectivity index (χ1n) is 5.49. The summed E-state index contributed by atoms with van der Waals surface area (Å²) in [4.78, 5) is 22.2. The first-order valence-corrected chi connectivity index (χ1v) is 5.49. The maximum atomic E-state index is 10.7. The number of carboxylic acid groups (broad SMARTS) is 1.